The van der Waals surface area contributed by atoms with Gasteiger partial charge in [-0.15, -0.1) is 22.7 Å². The molecule has 0 saturated carbocycles. The van der Waals surface area contributed by atoms with E-state index in [1.165, 1.54) is 96.0 Å². The number of thiophene rings is 2. The zero-order chi connectivity index (χ0) is 40.0. The largest absolute Gasteiger partial charge is 0.310 e. The van der Waals surface area contributed by atoms with Crippen LogP contribution in [0.15, 0.2) is 200 Å². The molecule has 0 bridgehead atoms. The Morgan fingerprint density at radius 2 is 0.850 bits per heavy atom. The Morgan fingerprint density at radius 1 is 0.333 bits per heavy atom. The first-order valence-corrected chi connectivity index (χ1v) is 22.3. The van der Waals surface area contributed by atoms with E-state index in [1.807, 2.05) is 22.7 Å². The Balaban J connectivity index is 1.00. The molecule has 0 spiro atoms. The fourth-order valence-electron chi connectivity index (χ4n) is 9.67. The highest BCUT2D eigenvalue weighted by Gasteiger charge is 2.35. The summed E-state index contributed by atoms with van der Waals surface area (Å²) in [6.45, 7) is 4.72. The van der Waals surface area contributed by atoms with Crippen molar-refractivity contribution in [3.05, 3.63) is 211 Å². The minimum Gasteiger partial charge on any atom is -0.310 e. The molecule has 0 amide bonds. The highest BCUT2D eigenvalue weighted by molar-refractivity contribution is 7.27. The summed E-state index contributed by atoms with van der Waals surface area (Å²) in [4.78, 5) is 2.42. The van der Waals surface area contributed by atoms with Crippen LogP contribution in [0.1, 0.15) is 25.0 Å². The topological polar surface area (TPSA) is 3.24 Å². The molecule has 3 heteroatoms. The van der Waals surface area contributed by atoms with Crippen molar-refractivity contribution >= 4 is 80.1 Å². The van der Waals surface area contributed by atoms with Gasteiger partial charge in [0.1, 0.15) is 0 Å². The van der Waals surface area contributed by atoms with E-state index in [-0.39, 0.29) is 5.41 Å². The molecule has 1 nitrogen and oxygen atoms in total. The quantitative estimate of drug-likeness (QED) is 0.162. The number of hydrogen-bond acceptors (Lipinski definition) is 3. The Hall–Kier alpha value is -6.78. The second kappa shape index (κ2) is 13.6. The molecule has 11 aromatic rings. The second-order valence-corrected chi connectivity index (χ2v) is 18.6. The number of rotatable bonds is 6. The van der Waals surface area contributed by atoms with Gasteiger partial charge in [-0.05, 0) is 105 Å². The maximum Gasteiger partial charge on any atom is 0.0465 e. The molecule has 0 unspecified atom stereocenters. The Bertz CT molecular complexity index is 3440. The van der Waals surface area contributed by atoms with Crippen LogP contribution in [-0.2, 0) is 5.41 Å². The van der Waals surface area contributed by atoms with Crippen LogP contribution < -0.4 is 4.90 Å². The average Bonchev–Trinajstić information content (AvgIpc) is 3.95. The van der Waals surface area contributed by atoms with E-state index in [1.54, 1.807) is 0 Å². The fraction of sp³-hybridized carbons (Fsp3) is 0.0526. The van der Waals surface area contributed by atoms with Crippen molar-refractivity contribution in [3.63, 3.8) is 0 Å². The minimum absolute atomic E-state index is 0.100. The maximum atomic E-state index is 2.44. The van der Waals surface area contributed by atoms with Gasteiger partial charge in [0.25, 0.3) is 0 Å². The normalized spacial score (nSPS) is 13.0. The predicted octanol–water partition coefficient (Wildman–Crippen LogP) is 17.2. The van der Waals surface area contributed by atoms with Gasteiger partial charge < -0.3 is 4.90 Å². The smallest absolute Gasteiger partial charge is 0.0465 e. The van der Waals surface area contributed by atoms with Crippen LogP contribution in [0.25, 0.3) is 84.9 Å². The highest BCUT2D eigenvalue weighted by atomic mass is 32.1. The Kier molecular flexibility index (Phi) is 8.00. The predicted molar refractivity (Wildman–Crippen MR) is 261 cm³/mol. The number of benzene rings is 9. The minimum atomic E-state index is -0.100. The second-order valence-electron chi connectivity index (χ2n) is 16.5. The molecule has 12 rings (SSSR count). The first kappa shape index (κ1) is 35.2. The van der Waals surface area contributed by atoms with Gasteiger partial charge in [-0.2, -0.15) is 0 Å². The summed E-state index contributed by atoms with van der Waals surface area (Å²) in [5.74, 6) is 0. The van der Waals surface area contributed by atoms with E-state index in [2.05, 4.69) is 219 Å². The van der Waals surface area contributed by atoms with Crippen LogP contribution >= 0.6 is 22.7 Å². The van der Waals surface area contributed by atoms with E-state index in [0.29, 0.717) is 0 Å². The van der Waals surface area contributed by atoms with Crippen LogP contribution in [0.3, 0.4) is 0 Å². The summed E-state index contributed by atoms with van der Waals surface area (Å²) in [7, 11) is 0. The third kappa shape index (κ3) is 5.50. The van der Waals surface area contributed by atoms with E-state index < -0.39 is 0 Å². The van der Waals surface area contributed by atoms with Crippen molar-refractivity contribution in [2.75, 3.05) is 4.90 Å². The summed E-state index contributed by atoms with van der Waals surface area (Å²) in [6, 6.07) is 74.2. The summed E-state index contributed by atoms with van der Waals surface area (Å²) in [5, 5.41) is 5.28. The number of hydrogen-bond donors (Lipinski definition) is 0. The summed E-state index contributed by atoms with van der Waals surface area (Å²) >= 11 is 3.81. The molecule has 1 aliphatic carbocycles. The van der Waals surface area contributed by atoms with Crippen molar-refractivity contribution in [3.8, 4) is 44.5 Å². The van der Waals surface area contributed by atoms with Crippen molar-refractivity contribution in [1.82, 2.24) is 0 Å². The van der Waals surface area contributed by atoms with Gasteiger partial charge in [-0.1, -0.05) is 153 Å². The van der Waals surface area contributed by atoms with Crippen molar-refractivity contribution < 1.29 is 0 Å². The molecule has 0 fully saturated rings. The molecule has 9 aromatic carbocycles. The monoisotopic (exact) mass is 801 g/mol. The lowest BCUT2D eigenvalue weighted by atomic mass is 9.82. The molecule has 0 saturated heterocycles. The highest BCUT2D eigenvalue weighted by Crippen LogP contribution is 2.51. The molecule has 0 atom stereocenters. The average molecular weight is 802 g/mol. The van der Waals surface area contributed by atoms with Gasteiger partial charge >= 0.3 is 0 Å². The van der Waals surface area contributed by atoms with Crippen LogP contribution in [-0.4, -0.2) is 0 Å². The van der Waals surface area contributed by atoms with Gasteiger partial charge in [-0.3, -0.25) is 0 Å². The van der Waals surface area contributed by atoms with Crippen molar-refractivity contribution in [1.29, 1.82) is 0 Å². The van der Waals surface area contributed by atoms with Crippen LogP contribution in [0, 0.1) is 0 Å². The number of fused-ring (bicyclic) bond motifs is 9. The summed E-state index contributed by atoms with van der Waals surface area (Å²) in [6.07, 6.45) is 0. The van der Waals surface area contributed by atoms with E-state index in [4.69, 9.17) is 0 Å². The van der Waals surface area contributed by atoms with Crippen LogP contribution in [0.5, 0.6) is 0 Å². The molecule has 60 heavy (non-hydrogen) atoms. The third-order valence-corrected chi connectivity index (χ3v) is 15.1. The molecule has 0 aliphatic heterocycles. The maximum absolute atomic E-state index is 2.44. The zero-order valence-electron chi connectivity index (χ0n) is 33.3. The van der Waals surface area contributed by atoms with Gasteiger partial charge in [0.15, 0.2) is 0 Å². The third-order valence-electron chi connectivity index (χ3n) is 12.7. The lowest BCUT2D eigenvalue weighted by Crippen LogP contribution is -2.16. The lowest BCUT2D eigenvalue weighted by molar-refractivity contribution is 0.660. The summed E-state index contributed by atoms with van der Waals surface area (Å²) < 4.78 is 5.34. The SMILES string of the molecule is CC1(C)c2ccccc2-c2ccc(N(c3ccc(-c4ccccc4)cc3)c3ccc(-c4cc(-c5cccc6c5sc5ccccc56)c5sc6ccccc6c5c4)cc3)cc21. The fourth-order valence-corrected chi connectivity index (χ4v) is 12.1. The van der Waals surface area contributed by atoms with Gasteiger partial charge in [-0.25, -0.2) is 0 Å². The molecule has 2 heterocycles. The number of nitrogens with zero attached hydrogens (tertiary/aromatic N) is 1. The molecular weight excluding hydrogens is 763 g/mol. The van der Waals surface area contributed by atoms with E-state index >= 15 is 0 Å². The van der Waals surface area contributed by atoms with Crippen molar-refractivity contribution in [2.45, 2.75) is 19.3 Å². The lowest BCUT2D eigenvalue weighted by Gasteiger charge is -2.28. The molecular formula is C57H39NS2. The number of anilines is 3. The summed E-state index contributed by atoms with van der Waals surface area (Å²) in [5.41, 5.74) is 16.2. The molecule has 1 aliphatic rings. The van der Waals surface area contributed by atoms with E-state index in [0.717, 1.165) is 17.1 Å². The first-order valence-electron chi connectivity index (χ1n) is 20.7. The van der Waals surface area contributed by atoms with Gasteiger partial charge in [0.2, 0.25) is 0 Å². The van der Waals surface area contributed by atoms with Crippen LogP contribution in [0.4, 0.5) is 17.1 Å². The van der Waals surface area contributed by atoms with Gasteiger partial charge in [0, 0.05) is 73.9 Å². The standard InChI is InChI=1S/C57H39NS2/c1-57(2)51-20-9-6-15-43(51)44-32-31-42(35-52(44)57)58(40-27-23-37(24-28-40)36-13-4-3-5-14-36)41-29-25-38(26-30-41)39-33-49-46-17-8-11-22-54(46)60-56(49)50(34-39)48-19-12-18-47-45-16-7-10-21-53(45)59-55(47)48/h3-35H,1-2H3. The first-order chi connectivity index (χ1) is 29.5. The Morgan fingerprint density at radius 3 is 1.57 bits per heavy atom. The van der Waals surface area contributed by atoms with E-state index in [9.17, 15) is 0 Å². The van der Waals surface area contributed by atoms with Crippen LogP contribution in [0.2, 0.25) is 0 Å². The molecule has 0 radical (unpaired) electrons. The Labute approximate surface area is 358 Å². The van der Waals surface area contributed by atoms with Crippen molar-refractivity contribution in [2.24, 2.45) is 0 Å². The molecule has 0 N–H and O–H groups in total. The molecule has 284 valence electrons. The van der Waals surface area contributed by atoms with Gasteiger partial charge in [0.05, 0.1) is 0 Å². The zero-order valence-corrected chi connectivity index (χ0v) is 34.9. The molecule has 2 aromatic heterocycles.